The van der Waals surface area contributed by atoms with Crippen LogP contribution in [0.15, 0.2) is 35.3 Å². The third-order valence-corrected chi connectivity index (χ3v) is 3.45. The van der Waals surface area contributed by atoms with E-state index in [1.165, 1.54) is 0 Å². The van der Waals surface area contributed by atoms with Gasteiger partial charge in [0.1, 0.15) is 6.04 Å². The number of carboxylic acids is 1. The zero-order chi connectivity index (χ0) is 17.9. The number of hydrogen-bond acceptors (Lipinski definition) is 4. The molecule has 132 valence electrons. The van der Waals surface area contributed by atoms with Crippen molar-refractivity contribution in [3.05, 3.63) is 35.9 Å². The molecule has 1 rings (SSSR count). The minimum Gasteiger partial charge on any atom is -0.480 e. The van der Waals surface area contributed by atoms with Crippen LogP contribution in [0.1, 0.15) is 24.8 Å². The summed E-state index contributed by atoms with van der Waals surface area (Å²) in [4.78, 5) is 27.2. The standard InChI is InChI=1S/C16H25N5O3/c17-12(8-4-5-9-20-16(18)19)14(22)21-13(15(23)24)10-11-6-2-1-3-7-11/h1-3,6-7,12-13H,4-5,8-10,17H2,(H,21,22)(H,23,24)(H4,18,19,20)/t12-,13-/m0/s1. The molecule has 0 aliphatic rings. The summed E-state index contributed by atoms with van der Waals surface area (Å²) in [5.74, 6) is -1.53. The van der Waals surface area contributed by atoms with Crippen LogP contribution in [0.4, 0.5) is 0 Å². The predicted molar refractivity (Wildman–Crippen MR) is 92.2 cm³/mol. The molecule has 8 nitrogen and oxygen atoms in total. The molecule has 0 saturated heterocycles. The number of carbonyl (C=O) groups excluding carboxylic acids is 1. The Morgan fingerprint density at radius 3 is 2.42 bits per heavy atom. The SMILES string of the molecule is NC(N)=NCCCC[C@H](N)C(=O)N[C@@H](Cc1ccccc1)C(=O)O. The van der Waals surface area contributed by atoms with Gasteiger partial charge >= 0.3 is 5.97 Å². The first-order valence-corrected chi connectivity index (χ1v) is 7.78. The Hall–Kier alpha value is -2.61. The fourth-order valence-electron chi connectivity index (χ4n) is 2.14. The molecular formula is C16H25N5O3. The molecule has 0 aromatic heterocycles. The Morgan fingerprint density at radius 1 is 1.17 bits per heavy atom. The first kappa shape index (κ1) is 19.4. The molecule has 0 aliphatic carbocycles. The van der Waals surface area contributed by atoms with Gasteiger partial charge in [-0.15, -0.1) is 0 Å². The van der Waals surface area contributed by atoms with E-state index in [9.17, 15) is 14.7 Å². The van der Waals surface area contributed by atoms with Crippen molar-refractivity contribution in [3.63, 3.8) is 0 Å². The summed E-state index contributed by atoms with van der Waals surface area (Å²) < 4.78 is 0. The second-order valence-electron chi connectivity index (χ2n) is 5.50. The van der Waals surface area contributed by atoms with Crippen LogP contribution in [0.3, 0.4) is 0 Å². The fraction of sp³-hybridized carbons (Fsp3) is 0.438. The van der Waals surface area contributed by atoms with Crippen molar-refractivity contribution in [3.8, 4) is 0 Å². The molecule has 0 saturated carbocycles. The van der Waals surface area contributed by atoms with Crippen molar-refractivity contribution in [2.75, 3.05) is 6.54 Å². The maximum atomic E-state index is 12.1. The van der Waals surface area contributed by atoms with Crippen LogP contribution in [0.25, 0.3) is 0 Å². The lowest BCUT2D eigenvalue weighted by Crippen LogP contribution is -2.49. The second kappa shape index (κ2) is 10.2. The van der Waals surface area contributed by atoms with Crippen LogP contribution in [0.5, 0.6) is 0 Å². The number of aliphatic imine (C=N–C) groups is 1. The van der Waals surface area contributed by atoms with Gasteiger partial charge < -0.3 is 27.6 Å². The van der Waals surface area contributed by atoms with E-state index in [1.54, 1.807) is 0 Å². The highest BCUT2D eigenvalue weighted by Gasteiger charge is 2.23. The van der Waals surface area contributed by atoms with Crippen LogP contribution in [0, 0.1) is 0 Å². The summed E-state index contributed by atoms with van der Waals surface area (Å²) in [5.41, 5.74) is 17.1. The van der Waals surface area contributed by atoms with Crippen molar-refractivity contribution in [1.29, 1.82) is 0 Å². The van der Waals surface area contributed by atoms with E-state index in [4.69, 9.17) is 17.2 Å². The highest BCUT2D eigenvalue weighted by Crippen LogP contribution is 2.05. The van der Waals surface area contributed by atoms with Gasteiger partial charge in [-0.25, -0.2) is 4.79 Å². The second-order valence-corrected chi connectivity index (χ2v) is 5.50. The Bertz CT molecular complexity index is 558. The average molecular weight is 335 g/mol. The monoisotopic (exact) mass is 335 g/mol. The number of unbranched alkanes of at least 4 members (excludes halogenated alkanes) is 1. The van der Waals surface area contributed by atoms with Gasteiger partial charge in [0.2, 0.25) is 5.91 Å². The highest BCUT2D eigenvalue weighted by atomic mass is 16.4. The van der Waals surface area contributed by atoms with E-state index in [0.717, 1.165) is 5.56 Å². The van der Waals surface area contributed by atoms with Crippen LogP contribution < -0.4 is 22.5 Å². The molecule has 0 bridgehead atoms. The molecule has 2 atom stereocenters. The molecule has 0 unspecified atom stereocenters. The molecule has 1 aromatic rings. The Labute approximate surface area is 141 Å². The summed E-state index contributed by atoms with van der Waals surface area (Å²) in [5, 5.41) is 11.8. The van der Waals surface area contributed by atoms with Gasteiger partial charge in [0.15, 0.2) is 5.96 Å². The molecule has 1 amide bonds. The normalized spacial score (nSPS) is 12.9. The van der Waals surface area contributed by atoms with Crippen molar-refractivity contribution in [2.24, 2.45) is 22.2 Å². The lowest BCUT2D eigenvalue weighted by Gasteiger charge is -2.18. The highest BCUT2D eigenvalue weighted by molar-refractivity contribution is 5.86. The number of nitrogens with zero attached hydrogens (tertiary/aromatic N) is 1. The number of rotatable bonds is 10. The van der Waals surface area contributed by atoms with Gasteiger partial charge in [-0.1, -0.05) is 30.3 Å². The van der Waals surface area contributed by atoms with Gasteiger partial charge in [0.05, 0.1) is 6.04 Å². The van der Waals surface area contributed by atoms with E-state index >= 15 is 0 Å². The zero-order valence-corrected chi connectivity index (χ0v) is 13.5. The minimum atomic E-state index is -1.09. The largest absolute Gasteiger partial charge is 0.480 e. The third kappa shape index (κ3) is 7.59. The number of nitrogens with two attached hydrogens (primary N) is 3. The number of nitrogens with one attached hydrogen (secondary N) is 1. The van der Waals surface area contributed by atoms with Crippen LogP contribution >= 0.6 is 0 Å². The number of carboxylic acid groups (broad SMARTS) is 1. The van der Waals surface area contributed by atoms with Gasteiger partial charge in [-0.2, -0.15) is 0 Å². The van der Waals surface area contributed by atoms with Crippen molar-refractivity contribution in [1.82, 2.24) is 5.32 Å². The van der Waals surface area contributed by atoms with E-state index in [2.05, 4.69) is 10.3 Å². The molecule has 1 aromatic carbocycles. The minimum absolute atomic E-state index is 0.0299. The van der Waals surface area contributed by atoms with Crippen LogP contribution in [0.2, 0.25) is 0 Å². The Balaban J connectivity index is 2.44. The first-order valence-electron chi connectivity index (χ1n) is 7.78. The quantitative estimate of drug-likeness (QED) is 0.222. The van der Waals surface area contributed by atoms with Crippen molar-refractivity contribution in [2.45, 2.75) is 37.8 Å². The summed E-state index contributed by atoms with van der Waals surface area (Å²) in [6, 6.07) is 7.33. The summed E-state index contributed by atoms with van der Waals surface area (Å²) in [6.45, 7) is 0.475. The molecule has 8 N–H and O–H groups in total. The Morgan fingerprint density at radius 2 is 1.83 bits per heavy atom. The zero-order valence-electron chi connectivity index (χ0n) is 13.5. The first-order chi connectivity index (χ1) is 11.4. The molecule has 0 fully saturated rings. The lowest BCUT2D eigenvalue weighted by atomic mass is 10.0. The number of amides is 1. The summed E-state index contributed by atoms with van der Waals surface area (Å²) in [6.07, 6.45) is 2.01. The van der Waals surface area contributed by atoms with Crippen LogP contribution in [-0.4, -0.2) is 41.6 Å². The van der Waals surface area contributed by atoms with Gasteiger partial charge in [0.25, 0.3) is 0 Å². The number of carbonyl (C=O) groups is 2. The number of benzene rings is 1. The van der Waals surface area contributed by atoms with E-state index in [0.29, 0.717) is 25.8 Å². The average Bonchev–Trinajstić information content (AvgIpc) is 2.54. The fourth-order valence-corrected chi connectivity index (χ4v) is 2.14. The molecule has 8 heteroatoms. The van der Waals surface area contributed by atoms with Crippen molar-refractivity contribution < 1.29 is 14.7 Å². The van der Waals surface area contributed by atoms with Gasteiger partial charge in [-0.05, 0) is 24.8 Å². The summed E-state index contributed by atoms with van der Waals surface area (Å²) >= 11 is 0. The number of hydrogen-bond donors (Lipinski definition) is 5. The molecule has 0 radical (unpaired) electrons. The molecule has 0 aliphatic heterocycles. The molecule has 0 spiro atoms. The van der Waals surface area contributed by atoms with E-state index < -0.39 is 24.0 Å². The number of guanidine groups is 1. The maximum Gasteiger partial charge on any atom is 0.326 e. The van der Waals surface area contributed by atoms with Gasteiger partial charge in [-0.3, -0.25) is 9.79 Å². The van der Waals surface area contributed by atoms with Crippen LogP contribution in [-0.2, 0) is 16.0 Å². The third-order valence-electron chi connectivity index (χ3n) is 3.45. The number of aliphatic carboxylic acids is 1. The van der Waals surface area contributed by atoms with Crippen molar-refractivity contribution >= 4 is 17.8 Å². The molecule has 0 heterocycles. The van der Waals surface area contributed by atoms with E-state index in [-0.39, 0.29) is 12.4 Å². The van der Waals surface area contributed by atoms with Gasteiger partial charge in [0, 0.05) is 13.0 Å². The summed E-state index contributed by atoms with van der Waals surface area (Å²) in [7, 11) is 0. The molecular weight excluding hydrogens is 310 g/mol. The molecule has 24 heavy (non-hydrogen) atoms. The van der Waals surface area contributed by atoms with E-state index in [1.807, 2.05) is 30.3 Å². The maximum absolute atomic E-state index is 12.1. The lowest BCUT2D eigenvalue weighted by molar-refractivity contribution is -0.142. The Kier molecular flexibility index (Phi) is 8.28. The topological polar surface area (TPSA) is 157 Å². The predicted octanol–water partition coefficient (Wildman–Crippen LogP) is -0.430. The smallest absolute Gasteiger partial charge is 0.326 e.